The molecule has 1 aliphatic rings. The first-order valence-corrected chi connectivity index (χ1v) is 25.6. The second-order valence-electron chi connectivity index (χ2n) is 16.3. The number of anilines is 3. The zero-order chi connectivity index (χ0) is 48.6. The van der Waals surface area contributed by atoms with Crippen molar-refractivity contribution in [3.05, 3.63) is 267 Å². The van der Waals surface area contributed by atoms with Crippen molar-refractivity contribution in [1.82, 2.24) is 4.57 Å². The number of rotatable bonds is 8. The highest BCUT2D eigenvalue weighted by Gasteiger charge is 2.48. The average Bonchev–Trinajstić information content (AvgIpc) is 3.80. The van der Waals surface area contributed by atoms with Crippen LogP contribution < -0.4 is 46.4 Å². The van der Waals surface area contributed by atoms with E-state index >= 15 is 0 Å². The molecule has 0 atom stereocenters. The molecule has 2 heterocycles. The van der Waals surface area contributed by atoms with Crippen molar-refractivity contribution in [2.75, 3.05) is 4.90 Å². The van der Waals surface area contributed by atoms with Gasteiger partial charge in [0.15, 0.2) is 16.1 Å². The number of para-hydroxylation sites is 3. The van der Waals surface area contributed by atoms with Crippen molar-refractivity contribution in [3.8, 4) is 5.69 Å². The van der Waals surface area contributed by atoms with Gasteiger partial charge in [0.25, 0.3) is 0 Å². The van der Waals surface area contributed by atoms with E-state index in [4.69, 9.17) is 2.74 Å². The molecule has 0 saturated carbocycles. The van der Waals surface area contributed by atoms with Gasteiger partial charge >= 0.3 is 0 Å². The molecule has 2 nitrogen and oxygen atoms in total. The van der Waals surface area contributed by atoms with E-state index in [-0.39, 0.29) is 57.7 Å². The molecular weight excluding hydrogens is 805 g/mol. The van der Waals surface area contributed by atoms with Crippen molar-refractivity contribution in [2.45, 2.75) is 0 Å². The molecule has 0 aliphatic carbocycles. The van der Waals surface area contributed by atoms with Crippen molar-refractivity contribution in [2.24, 2.45) is 0 Å². The zero-order valence-corrected chi connectivity index (χ0v) is 36.8. The molecule has 64 heavy (non-hydrogen) atoms. The van der Waals surface area contributed by atoms with Crippen LogP contribution in [0.3, 0.4) is 0 Å². The number of hydrogen-bond acceptors (Lipinski definition) is 1. The molecule has 302 valence electrons. The van der Waals surface area contributed by atoms with E-state index in [9.17, 15) is 6.85 Å². The Kier molecular flexibility index (Phi) is 7.56. The van der Waals surface area contributed by atoms with E-state index in [2.05, 4.69) is 146 Å². The molecule has 0 unspecified atom stereocenters. The summed E-state index contributed by atoms with van der Waals surface area (Å²) in [6.07, 6.45) is 0. The van der Waals surface area contributed by atoms with Crippen LogP contribution in [0.4, 0.5) is 17.1 Å². The molecular formula is C60H44N2Si2. The Bertz CT molecular complexity index is 3670. The maximum absolute atomic E-state index is 10.5. The number of hydrogen-bond donors (Lipinski definition) is 0. The van der Waals surface area contributed by atoms with Crippen LogP contribution in [0.1, 0.15) is 9.60 Å². The number of nitrogens with zero attached hydrogens (tertiary/aromatic N) is 2. The molecule has 10 aromatic carbocycles. The summed E-state index contributed by atoms with van der Waals surface area (Å²) >= 11 is 0. The highest BCUT2D eigenvalue weighted by Crippen LogP contribution is 2.41. The van der Waals surface area contributed by atoms with E-state index < -0.39 is 28.2 Å². The summed E-state index contributed by atoms with van der Waals surface area (Å²) in [4.78, 5) is 1.96. The molecule has 0 radical (unpaired) electrons. The van der Waals surface area contributed by atoms with Gasteiger partial charge in [-0.3, -0.25) is 0 Å². The van der Waals surface area contributed by atoms with E-state index in [0.717, 1.165) is 42.5 Å². The van der Waals surface area contributed by atoms with Crippen molar-refractivity contribution < 1.29 is 9.60 Å². The lowest BCUT2D eigenvalue weighted by molar-refractivity contribution is 1.18. The molecule has 0 N–H and O–H groups in total. The summed E-state index contributed by atoms with van der Waals surface area (Å²) in [6, 6.07) is 75.3. The molecule has 0 bridgehead atoms. The fourth-order valence-electron chi connectivity index (χ4n) is 10.5. The van der Waals surface area contributed by atoms with Crippen LogP contribution in [-0.4, -0.2) is 20.7 Å². The zero-order valence-electron chi connectivity index (χ0n) is 41.8. The lowest BCUT2D eigenvalue weighted by Crippen LogP contribution is -2.77. The molecule has 0 amide bonds. The van der Waals surface area contributed by atoms with Crippen LogP contribution in [0.5, 0.6) is 0 Å². The van der Waals surface area contributed by atoms with Crippen molar-refractivity contribution in [3.63, 3.8) is 0 Å². The third kappa shape index (κ3) is 5.70. The van der Waals surface area contributed by atoms with Crippen LogP contribution in [0.25, 0.3) is 27.5 Å². The molecule has 1 aromatic heterocycles. The summed E-state index contributed by atoms with van der Waals surface area (Å²) in [7, 11) is -6.18. The first-order chi connectivity index (χ1) is 34.7. The minimum Gasteiger partial charge on any atom is -0.311 e. The molecule has 1 aliphatic heterocycles. The SMILES string of the molecule is [2H]c1c([2H])c([2H])c2c(c1[2H])c1c([2H])c(N3c4ccccc4[Si](c4ccccc4)(c4ccccc4)c4ccccc43)c([2H])c([2H])c1n2-c1cccc([Si](c2ccccc2)(c2ccccc2)c2ccccc2)c1. The highest BCUT2D eigenvalue weighted by atomic mass is 28.3. The Balaban J connectivity index is 1.18. The van der Waals surface area contributed by atoms with Crippen molar-refractivity contribution >= 4 is 96.5 Å². The fourth-order valence-corrected chi connectivity index (χ4v) is 20.4. The standard InChI is InChI=1S/C60H44N2Si2/c1-6-24-47(25-7-1)63(48-26-8-2-9-27-48,49-28-10-3-11-29-49)52-34-22-23-45(43-52)61-55-36-17-16-35-53(55)54-44-46(41-42-56(54)61)62-57-37-18-20-39-59(57)64(50-30-12-4-13-31-50,51-32-14-5-15-33-51)60-40-21-19-38-58(60)62/h1-44H/i16D,17D,35D,36D,41D,42D,44D. The predicted octanol–water partition coefficient (Wildman–Crippen LogP) is 9.32. The molecule has 0 saturated heterocycles. The van der Waals surface area contributed by atoms with Crippen LogP contribution in [0, 0.1) is 0 Å². The van der Waals surface area contributed by atoms with Gasteiger partial charge in [0.05, 0.1) is 20.6 Å². The maximum atomic E-state index is 10.5. The van der Waals surface area contributed by atoms with Crippen molar-refractivity contribution in [1.29, 1.82) is 0 Å². The van der Waals surface area contributed by atoms with Gasteiger partial charge in [-0.05, 0) is 89.9 Å². The first-order valence-electron chi connectivity index (χ1n) is 25.1. The van der Waals surface area contributed by atoms with Gasteiger partial charge < -0.3 is 9.47 Å². The van der Waals surface area contributed by atoms with Crippen LogP contribution in [0.15, 0.2) is 267 Å². The van der Waals surface area contributed by atoms with Gasteiger partial charge in [0.2, 0.25) is 0 Å². The van der Waals surface area contributed by atoms with Crippen LogP contribution in [0.2, 0.25) is 0 Å². The number of benzene rings is 10. The van der Waals surface area contributed by atoms with Crippen LogP contribution in [-0.2, 0) is 0 Å². The highest BCUT2D eigenvalue weighted by molar-refractivity contribution is 7.21. The second kappa shape index (κ2) is 15.5. The lowest BCUT2D eigenvalue weighted by Gasteiger charge is -2.45. The van der Waals surface area contributed by atoms with Crippen LogP contribution >= 0.6 is 0 Å². The van der Waals surface area contributed by atoms with Gasteiger partial charge in [0.1, 0.15) is 0 Å². The van der Waals surface area contributed by atoms with Gasteiger partial charge in [-0.1, -0.05) is 218 Å². The van der Waals surface area contributed by atoms with E-state index in [1.807, 2.05) is 83.8 Å². The third-order valence-electron chi connectivity index (χ3n) is 13.0. The van der Waals surface area contributed by atoms with E-state index in [1.165, 1.54) is 10.4 Å². The molecule has 0 spiro atoms. The number of aromatic nitrogens is 1. The first kappa shape index (κ1) is 31.1. The van der Waals surface area contributed by atoms with Gasteiger partial charge in [-0.2, -0.15) is 0 Å². The average molecular weight is 856 g/mol. The summed E-state index contributed by atoms with van der Waals surface area (Å²) in [5, 5.41) is 9.27. The van der Waals surface area contributed by atoms with E-state index in [0.29, 0.717) is 5.69 Å². The Labute approximate surface area is 386 Å². The Morgan fingerprint density at radius 1 is 0.375 bits per heavy atom. The minimum absolute atomic E-state index is 0.106. The molecule has 4 heteroatoms. The van der Waals surface area contributed by atoms with Gasteiger partial charge in [-0.15, -0.1) is 0 Å². The van der Waals surface area contributed by atoms with Gasteiger partial charge in [-0.25, -0.2) is 0 Å². The second-order valence-corrected chi connectivity index (χ2v) is 23.8. The normalized spacial score (nSPS) is 14.6. The largest absolute Gasteiger partial charge is 0.311 e. The Morgan fingerprint density at radius 3 is 1.38 bits per heavy atom. The summed E-state index contributed by atoms with van der Waals surface area (Å²) in [5.41, 5.74) is 2.61. The third-order valence-corrected chi connectivity index (χ3v) is 22.7. The quantitative estimate of drug-likeness (QED) is 0.109. The predicted molar refractivity (Wildman–Crippen MR) is 276 cm³/mol. The smallest absolute Gasteiger partial charge is 0.184 e. The van der Waals surface area contributed by atoms with Gasteiger partial charge in [0, 0.05) is 33.5 Å². The maximum Gasteiger partial charge on any atom is 0.184 e. The minimum atomic E-state index is -3.11. The summed E-state index contributed by atoms with van der Waals surface area (Å²) in [5.74, 6) is 0. The summed E-state index contributed by atoms with van der Waals surface area (Å²) in [6.45, 7) is 0. The fraction of sp³-hybridized carbons (Fsp3) is 0. The monoisotopic (exact) mass is 855 g/mol. The molecule has 0 fully saturated rings. The summed E-state index contributed by atoms with van der Waals surface area (Å²) < 4.78 is 69.8. The topological polar surface area (TPSA) is 8.17 Å². The Hall–Kier alpha value is -7.77. The Morgan fingerprint density at radius 2 is 0.828 bits per heavy atom. The van der Waals surface area contributed by atoms with E-state index in [1.54, 1.807) is 4.57 Å². The number of fused-ring (bicyclic) bond motifs is 5. The lowest BCUT2D eigenvalue weighted by atomic mass is 10.1. The molecule has 12 rings (SSSR count). The molecule has 11 aromatic rings.